The van der Waals surface area contributed by atoms with Crippen LogP contribution in [0, 0.1) is 0 Å². The van der Waals surface area contributed by atoms with Crippen molar-refractivity contribution in [1.82, 2.24) is 15.1 Å². The number of nitrogens with one attached hydrogen (secondary N) is 1. The number of carbonyl (C=O) groups excluding carboxylic acids is 2. The van der Waals surface area contributed by atoms with E-state index in [1.807, 2.05) is 0 Å². The summed E-state index contributed by atoms with van der Waals surface area (Å²) >= 11 is 5.86. The predicted molar refractivity (Wildman–Crippen MR) is 84.6 cm³/mol. The van der Waals surface area contributed by atoms with Crippen LogP contribution < -0.4 is 10.2 Å². The molecular weight excluding hydrogens is 320 g/mol. The Balaban J connectivity index is 1.59. The molecule has 0 aliphatic carbocycles. The molecule has 3 rings (SSSR count). The van der Waals surface area contributed by atoms with Crippen LogP contribution >= 0.6 is 11.6 Å². The average molecular weight is 335 g/mol. The number of ether oxygens (including phenoxy) is 1. The molecule has 23 heavy (non-hydrogen) atoms. The quantitative estimate of drug-likeness (QED) is 0.925. The molecule has 2 amide bonds. The first kappa shape index (κ1) is 15.4. The minimum atomic E-state index is -0.449. The summed E-state index contributed by atoms with van der Waals surface area (Å²) in [7, 11) is 1.75. The van der Waals surface area contributed by atoms with Crippen LogP contribution in [0.2, 0.25) is 5.02 Å². The van der Waals surface area contributed by atoms with Crippen molar-refractivity contribution >= 4 is 29.4 Å². The van der Waals surface area contributed by atoms with E-state index in [1.165, 1.54) is 4.90 Å². The molecule has 1 atom stereocenters. The Morgan fingerprint density at radius 2 is 2.30 bits per heavy atom. The van der Waals surface area contributed by atoms with E-state index in [0.717, 1.165) is 0 Å². The summed E-state index contributed by atoms with van der Waals surface area (Å²) in [5.74, 6) is 0.390. The summed E-state index contributed by atoms with van der Waals surface area (Å²) in [4.78, 5) is 25.5. The highest BCUT2D eigenvalue weighted by Crippen LogP contribution is 2.20. The Labute approximate surface area is 137 Å². The normalized spacial score (nSPS) is 17.2. The van der Waals surface area contributed by atoms with E-state index in [0.29, 0.717) is 22.9 Å². The molecule has 1 aliphatic rings. The van der Waals surface area contributed by atoms with Crippen molar-refractivity contribution in [3.8, 4) is 0 Å². The summed E-state index contributed by atoms with van der Waals surface area (Å²) < 4.78 is 6.86. The van der Waals surface area contributed by atoms with Gasteiger partial charge in [0.05, 0.1) is 19.3 Å². The molecule has 1 fully saturated rings. The third kappa shape index (κ3) is 3.29. The van der Waals surface area contributed by atoms with Crippen molar-refractivity contribution in [2.24, 2.45) is 7.05 Å². The second-order valence-electron chi connectivity index (χ2n) is 5.15. The lowest BCUT2D eigenvalue weighted by atomic mass is 10.2. The van der Waals surface area contributed by atoms with Gasteiger partial charge in [0.15, 0.2) is 0 Å². The van der Waals surface area contributed by atoms with Crippen molar-refractivity contribution in [3.05, 3.63) is 47.1 Å². The first-order valence-corrected chi connectivity index (χ1v) is 7.42. The van der Waals surface area contributed by atoms with Crippen molar-refractivity contribution in [2.45, 2.75) is 6.10 Å². The van der Waals surface area contributed by atoms with Gasteiger partial charge in [-0.25, -0.2) is 4.79 Å². The van der Waals surface area contributed by atoms with E-state index in [-0.39, 0.29) is 12.5 Å². The number of halogens is 1. The molecule has 1 unspecified atom stereocenters. The van der Waals surface area contributed by atoms with E-state index >= 15 is 0 Å². The smallest absolute Gasteiger partial charge is 0.416 e. The molecule has 1 aliphatic heterocycles. The SMILES string of the molecule is Cn1nccc1N1CC(CNC(=O)c2cccc(Cl)c2)OC1=O. The van der Waals surface area contributed by atoms with Gasteiger partial charge in [0, 0.05) is 23.7 Å². The largest absolute Gasteiger partial charge is 0.442 e. The minimum absolute atomic E-state index is 0.228. The van der Waals surface area contributed by atoms with Gasteiger partial charge in [0.25, 0.3) is 5.91 Å². The first-order chi connectivity index (χ1) is 11.0. The van der Waals surface area contributed by atoms with Gasteiger partial charge in [-0.1, -0.05) is 17.7 Å². The Hall–Kier alpha value is -2.54. The summed E-state index contributed by atoms with van der Waals surface area (Å²) in [5.41, 5.74) is 0.463. The van der Waals surface area contributed by atoms with Gasteiger partial charge in [-0.05, 0) is 18.2 Å². The molecule has 7 nitrogen and oxygen atoms in total. The predicted octanol–water partition coefficient (Wildman–Crippen LogP) is 1.83. The maximum absolute atomic E-state index is 12.1. The summed E-state index contributed by atoms with van der Waals surface area (Å²) in [6, 6.07) is 8.39. The van der Waals surface area contributed by atoms with Crippen LogP contribution in [0.4, 0.5) is 10.6 Å². The Morgan fingerprint density at radius 3 is 3.00 bits per heavy atom. The highest BCUT2D eigenvalue weighted by Gasteiger charge is 2.33. The standard InChI is InChI=1S/C15H15ClN4O3/c1-19-13(5-6-18-19)20-9-12(23-15(20)22)8-17-14(21)10-3-2-4-11(16)7-10/h2-7,12H,8-9H2,1H3,(H,17,21). The molecule has 8 heteroatoms. The monoisotopic (exact) mass is 334 g/mol. The summed E-state index contributed by atoms with van der Waals surface area (Å²) in [5, 5.41) is 7.27. The van der Waals surface area contributed by atoms with Crippen LogP contribution in [0.1, 0.15) is 10.4 Å². The number of anilines is 1. The Morgan fingerprint density at radius 1 is 1.48 bits per heavy atom. The second kappa shape index (κ2) is 6.29. The maximum Gasteiger partial charge on any atom is 0.416 e. The molecule has 1 aromatic heterocycles. The van der Waals surface area contributed by atoms with Crippen LogP contribution in [0.5, 0.6) is 0 Å². The van der Waals surface area contributed by atoms with Gasteiger partial charge in [-0.3, -0.25) is 14.4 Å². The Bertz CT molecular complexity index is 746. The lowest BCUT2D eigenvalue weighted by molar-refractivity contribution is 0.0916. The molecule has 0 spiro atoms. The van der Waals surface area contributed by atoms with Crippen molar-refractivity contribution in [3.63, 3.8) is 0 Å². The fourth-order valence-electron chi connectivity index (χ4n) is 2.38. The number of cyclic esters (lactones) is 1. The highest BCUT2D eigenvalue weighted by molar-refractivity contribution is 6.30. The van der Waals surface area contributed by atoms with Crippen LogP contribution in [0.15, 0.2) is 36.5 Å². The molecule has 0 bridgehead atoms. The van der Waals surface area contributed by atoms with Crippen LogP contribution in [-0.2, 0) is 11.8 Å². The van der Waals surface area contributed by atoms with Crippen LogP contribution in [0.25, 0.3) is 0 Å². The van der Waals surface area contributed by atoms with Gasteiger partial charge < -0.3 is 10.1 Å². The molecule has 0 radical (unpaired) electrons. The number of aryl methyl sites for hydroxylation is 1. The molecular formula is C15H15ClN4O3. The van der Waals surface area contributed by atoms with Crippen molar-refractivity contribution in [2.75, 3.05) is 18.0 Å². The third-order valence-corrected chi connectivity index (χ3v) is 3.76. The number of hydrogen-bond donors (Lipinski definition) is 1. The van der Waals surface area contributed by atoms with Gasteiger partial charge >= 0.3 is 6.09 Å². The average Bonchev–Trinajstić information content (AvgIpc) is 3.10. The number of rotatable bonds is 4. The number of amides is 2. The van der Waals surface area contributed by atoms with E-state index in [9.17, 15) is 9.59 Å². The highest BCUT2D eigenvalue weighted by atomic mass is 35.5. The number of benzene rings is 1. The minimum Gasteiger partial charge on any atom is -0.442 e. The molecule has 1 N–H and O–H groups in total. The van der Waals surface area contributed by atoms with E-state index in [1.54, 1.807) is 48.3 Å². The zero-order valence-electron chi connectivity index (χ0n) is 12.4. The maximum atomic E-state index is 12.1. The molecule has 120 valence electrons. The second-order valence-corrected chi connectivity index (χ2v) is 5.59. The fourth-order valence-corrected chi connectivity index (χ4v) is 2.58. The third-order valence-electron chi connectivity index (χ3n) is 3.52. The van der Waals surface area contributed by atoms with Gasteiger partial charge in [0.2, 0.25) is 0 Å². The molecule has 1 saturated heterocycles. The lowest BCUT2D eigenvalue weighted by Crippen LogP contribution is -2.34. The number of carbonyl (C=O) groups is 2. The number of hydrogen-bond acceptors (Lipinski definition) is 4. The Kier molecular flexibility index (Phi) is 4.20. The van der Waals surface area contributed by atoms with Gasteiger partial charge in [-0.15, -0.1) is 0 Å². The summed E-state index contributed by atoms with van der Waals surface area (Å²) in [6.07, 6.45) is 0.743. The molecule has 0 saturated carbocycles. The number of nitrogens with zero attached hydrogens (tertiary/aromatic N) is 3. The molecule has 1 aromatic carbocycles. The van der Waals surface area contributed by atoms with Gasteiger partial charge in [0.1, 0.15) is 11.9 Å². The topological polar surface area (TPSA) is 76.5 Å². The first-order valence-electron chi connectivity index (χ1n) is 7.04. The van der Waals surface area contributed by atoms with E-state index < -0.39 is 12.2 Å². The molecule has 2 heterocycles. The van der Waals surface area contributed by atoms with Crippen LogP contribution in [-0.4, -0.2) is 41.0 Å². The van der Waals surface area contributed by atoms with Crippen molar-refractivity contribution in [1.29, 1.82) is 0 Å². The fraction of sp³-hybridized carbons (Fsp3) is 0.267. The zero-order valence-corrected chi connectivity index (χ0v) is 13.2. The summed E-state index contributed by atoms with van der Waals surface area (Å²) in [6.45, 7) is 0.583. The van der Waals surface area contributed by atoms with E-state index in [4.69, 9.17) is 16.3 Å². The molecule has 2 aromatic rings. The van der Waals surface area contributed by atoms with Crippen molar-refractivity contribution < 1.29 is 14.3 Å². The van der Waals surface area contributed by atoms with Crippen LogP contribution in [0.3, 0.4) is 0 Å². The number of aromatic nitrogens is 2. The zero-order chi connectivity index (χ0) is 16.4. The van der Waals surface area contributed by atoms with E-state index in [2.05, 4.69) is 10.4 Å². The van der Waals surface area contributed by atoms with Gasteiger partial charge in [-0.2, -0.15) is 5.10 Å². The lowest BCUT2D eigenvalue weighted by Gasteiger charge is -2.12.